The van der Waals surface area contributed by atoms with E-state index >= 15 is 4.39 Å². The summed E-state index contributed by atoms with van der Waals surface area (Å²) in [5.41, 5.74) is 1.29. The fraction of sp³-hybridized carbons (Fsp3) is 0.575. The second kappa shape index (κ2) is 15.3. The van der Waals surface area contributed by atoms with Crippen LogP contribution in [0.25, 0.3) is 22.2 Å². The molecule has 4 aliphatic heterocycles. The zero-order valence-electron chi connectivity index (χ0n) is 30.9. The Kier molecular flexibility index (Phi) is 10.5. The van der Waals surface area contributed by atoms with Gasteiger partial charge < -0.3 is 19.3 Å². The number of carbonyl (C=O) groups excluding carboxylic acids is 1. The quantitative estimate of drug-likeness (QED) is 0.231. The summed E-state index contributed by atoms with van der Waals surface area (Å²) in [5, 5.41) is 10.8. The fourth-order valence-electron chi connectivity index (χ4n) is 9.14. The summed E-state index contributed by atoms with van der Waals surface area (Å²) in [6.45, 7) is 8.71. The zero-order valence-corrected chi connectivity index (χ0v) is 31.6. The predicted molar refractivity (Wildman–Crippen MR) is 202 cm³/mol. The van der Waals surface area contributed by atoms with Gasteiger partial charge in [-0.2, -0.15) is 15.2 Å². The number of morpholine rings is 1. The third-order valence-electron chi connectivity index (χ3n) is 11.7. The fourth-order valence-corrected chi connectivity index (χ4v) is 9.47. The number of aromatic nitrogens is 3. The van der Waals surface area contributed by atoms with Gasteiger partial charge >= 0.3 is 6.01 Å². The summed E-state index contributed by atoms with van der Waals surface area (Å²) < 4.78 is 43.7. The highest BCUT2D eigenvalue weighted by Crippen LogP contribution is 2.48. The average Bonchev–Trinajstić information content (AvgIpc) is 3.83. The molecule has 5 aliphatic rings. The molecule has 1 aromatic carbocycles. The van der Waals surface area contributed by atoms with Crippen molar-refractivity contribution < 1.29 is 23.0 Å². The minimum atomic E-state index is -0.927. The lowest BCUT2D eigenvalue weighted by Crippen LogP contribution is -2.55. The van der Waals surface area contributed by atoms with Crippen LogP contribution in [-0.4, -0.2) is 124 Å². The van der Waals surface area contributed by atoms with Crippen molar-refractivity contribution in [1.82, 2.24) is 29.7 Å². The second-order valence-corrected chi connectivity index (χ2v) is 16.1. The largest absolute Gasteiger partial charge is 0.461 e. The first-order valence-corrected chi connectivity index (χ1v) is 19.6. The van der Waals surface area contributed by atoms with Gasteiger partial charge in [0.2, 0.25) is 5.91 Å². The highest BCUT2D eigenvalue weighted by Gasteiger charge is 2.49. The molecule has 0 radical (unpaired) electrons. The van der Waals surface area contributed by atoms with Crippen LogP contribution in [0.2, 0.25) is 5.02 Å². The van der Waals surface area contributed by atoms with Crippen LogP contribution < -0.4 is 9.64 Å². The zero-order chi connectivity index (χ0) is 37.6. The molecule has 0 unspecified atom stereocenters. The number of hydrogen-bond donors (Lipinski definition) is 0. The first-order chi connectivity index (χ1) is 26.1. The third-order valence-corrected chi connectivity index (χ3v) is 12.0. The SMILES string of the molecule is C[C@@H]1CN(C/C=C/C(=O)N2CCN(c3nc(OC[C@@]45CCCN4C[C@H](F)C5)nc4c(F)c(-c5cccc(Cl)c5C5CC5)ncc34)C[C@@H]2CC#N)C[C@@H](C)O1. The summed E-state index contributed by atoms with van der Waals surface area (Å²) in [6.07, 6.45) is 8.61. The summed E-state index contributed by atoms with van der Waals surface area (Å²) >= 11 is 6.65. The van der Waals surface area contributed by atoms with Crippen molar-refractivity contribution in [1.29, 1.82) is 5.26 Å². The standard InChI is InChI=1S/C40H47ClF2N8O3/c1-25-20-48(21-26(2)54-25)14-4-8-33(52)51-17-16-49(23-29(51)11-13-44)38-31-19-45-36(30-6-3-7-32(41)34(30)27-9-10-27)35(43)37(31)46-39(47-38)53-24-40-12-5-15-50(40)22-28(42)18-40/h3-4,6-8,19,25-29H,5,9-12,14-18,20-24H2,1-2H3/b8-4+/t25-,26-,28-,29+,40+/m1/s1. The van der Waals surface area contributed by atoms with Crippen LogP contribution in [0.15, 0.2) is 36.5 Å². The lowest BCUT2D eigenvalue weighted by molar-refractivity contribution is -0.128. The van der Waals surface area contributed by atoms with Gasteiger partial charge in [-0.25, -0.2) is 8.78 Å². The van der Waals surface area contributed by atoms with E-state index in [0.29, 0.717) is 60.9 Å². The number of rotatable bonds is 10. The summed E-state index contributed by atoms with van der Waals surface area (Å²) in [7, 11) is 0. The Morgan fingerprint density at radius 2 is 1.96 bits per heavy atom. The molecule has 4 saturated heterocycles. The van der Waals surface area contributed by atoms with Gasteiger partial charge in [0, 0.05) is 75.1 Å². The number of piperazine rings is 1. The molecule has 286 valence electrons. The van der Waals surface area contributed by atoms with E-state index in [9.17, 15) is 14.4 Å². The minimum Gasteiger partial charge on any atom is -0.461 e. The molecule has 3 aromatic rings. The van der Waals surface area contributed by atoms with Crippen molar-refractivity contribution in [2.75, 3.05) is 63.9 Å². The van der Waals surface area contributed by atoms with E-state index < -0.39 is 23.6 Å². The Hall–Kier alpha value is -3.96. The number of halogens is 3. The number of anilines is 1. The molecule has 6 heterocycles. The van der Waals surface area contributed by atoms with Crippen molar-refractivity contribution in [3.63, 3.8) is 0 Å². The maximum atomic E-state index is 16.9. The number of nitrogens with zero attached hydrogens (tertiary/aromatic N) is 8. The van der Waals surface area contributed by atoms with Gasteiger partial charge in [0.05, 0.1) is 41.7 Å². The van der Waals surface area contributed by atoms with E-state index in [-0.39, 0.29) is 54.3 Å². The van der Waals surface area contributed by atoms with Crippen LogP contribution in [0, 0.1) is 17.1 Å². The summed E-state index contributed by atoms with van der Waals surface area (Å²) in [5.74, 6) is -0.0954. The molecule has 8 rings (SSSR count). The van der Waals surface area contributed by atoms with Gasteiger partial charge in [-0.15, -0.1) is 0 Å². The van der Waals surface area contributed by atoms with Crippen molar-refractivity contribution in [2.45, 2.75) is 88.3 Å². The number of nitriles is 1. The van der Waals surface area contributed by atoms with Crippen molar-refractivity contribution >= 4 is 34.2 Å². The third kappa shape index (κ3) is 7.38. The van der Waals surface area contributed by atoms with Gasteiger partial charge in [0.1, 0.15) is 29.8 Å². The van der Waals surface area contributed by atoms with Gasteiger partial charge in [0.25, 0.3) is 0 Å². The van der Waals surface area contributed by atoms with Gasteiger partial charge in [-0.3, -0.25) is 19.6 Å². The number of pyridine rings is 1. The molecule has 0 bridgehead atoms. The topological polar surface area (TPSA) is 111 Å². The molecule has 14 heteroatoms. The Bertz CT molecular complexity index is 1970. The smallest absolute Gasteiger partial charge is 0.319 e. The lowest BCUT2D eigenvalue weighted by atomic mass is 9.95. The molecule has 1 saturated carbocycles. The molecule has 1 amide bonds. The molecule has 0 N–H and O–H groups in total. The van der Waals surface area contributed by atoms with E-state index in [1.165, 1.54) is 0 Å². The van der Waals surface area contributed by atoms with Gasteiger partial charge in [0.15, 0.2) is 5.82 Å². The van der Waals surface area contributed by atoms with E-state index in [1.807, 2.05) is 37.0 Å². The van der Waals surface area contributed by atoms with Crippen LogP contribution in [0.5, 0.6) is 6.01 Å². The number of ether oxygens (including phenoxy) is 2. The maximum absolute atomic E-state index is 16.9. The molecule has 11 nitrogen and oxygen atoms in total. The maximum Gasteiger partial charge on any atom is 0.319 e. The summed E-state index contributed by atoms with van der Waals surface area (Å²) in [6, 6.07) is 7.28. The number of carbonyl (C=O) groups is 1. The number of fused-ring (bicyclic) bond motifs is 2. The number of hydrogen-bond acceptors (Lipinski definition) is 10. The normalized spacial score (nSPS) is 27.9. The van der Waals surface area contributed by atoms with E-state index in [2.05, 4.69) is 25.8 Å². The van der Waals surface area contributed by atoms with Crippen LogP contribution in [-0.2, 0) is 9.53 Å². The van der Waals surface area contributed by atoms with Crippen LogP contribution in [0.1, 0.15) is 63.9 Å². The van der Waals surface area contributed by atoms with Crippen LogP contribution >= 0.6 is 11.6 Å². The first kappa shape index (κ1) is 37.0. The molecule has 5 fully saturated rings. The van der Waals surface area contributed by atoms with Crippen LogP contribution in [0.3, 0.4) is 0 Å². The second-order valence-electron chi connectivity index (χ2n) is 15.7. The minimum absolute atomic E-state index is 0.00406. The predicted octanol–water partition coefficient (Wildman–Crippen LogP) is 5.91. The molecule has 0 spiro atoms. The number of amides is 1. The Balaban J connectivity index is 1.10. The summed E-state index contributed by atoms with van der Waals surface area (Å²) in [4.78, 5) is 35.8. The number of benzene rings is 1. The first-order valence-electron chi connectivity index (χ1n) is 19.3. The highest BCUT2D eigenvalue weighted by molar-refractivity contribution is 6.32. The van der Waals surface area contributed by atoms with Gasteiger partial charge in [-0.05, 0) is 63.6 Å². The molecule has 5 atom stereocenters. The lowest BCUT2D eigenvalue weighted by Gasteiger charge is -2.41. The Morgan fingerprint density at radius 3 is 2.74 bits per heavy atom. The molecule has 2 aromatic heterocycles. The monoisotopic (exact) mass is 760 g/mol. The molecule has 1 aliphatic carbocycles. The van der Waals surface area contributed by atoms with Gasteiger partial charge in [-0.1, -0.05) is 29.8 Å². The van der Waals surface area contributed by atoms with Crippen molar-refractivity contribution in [2.24, 2.45) is 0 Å². The van der Waals surface area contributed by atoms with Crippen molar-refractivity contribution in [3.05, 3.63) is 53.0 Å². The van der Waals surface area contributed by atoms with Crippen molar-refractivity contribution in [3.8, 4) is 23.3 Å². The molecular weight excluding hydrogens is 714 g/mol. The Morgan fingerprint density at radius 1 is 1.15 bits per heavy atom. The average molecular weight is 761 g/mol. The van der Waals surface area contributed by atoms with E-state index in [4.69, 9.17) is 26.1 Å². The molecule has 54 heavy (non-hydrogen) atoms. The van der Waals surface area contributed by atoms with E-state index in [0.717, 1.165) is 50.9 Å². The Labute approximate surface area is 319 Å². The molecular formula is C40H47ClF2N8O3. The van der Waals surface area contributed by atoms with E-state index in [1.54, 1.807) is 23.2 Å². The highest BCUT2D eigenvalue weighted by atomic mass is 35.5. The number of alkyl halides is 1. The van der Waals surface area contributed by atoms with Crippen LogP contribution in [0.4, 0.5) is 14.6 Å².